The Morgan fingerprint density at radius 2 is 2.14 bits per heavy atom. The fourth-order valence-electron chi connectivity index (χ4n) is 2.63. The molecular formula is C19H20ClN3O3S2. The molecule has 1 N–H and O–H groups in total. The molecule has 148 valence electrons. The summed E-state index contributed by atoms with van der Waals surface area (Å²) in [4.78, 5) is 29.9. The summed E-state index contributed by atoms with van der Waals surface area (Å²) in [5, 5.41) is 4.13. The zero-order valence-corrected chi connectivity index (χ0v) is 17.9. The van der Waals surface area contributed by atoms with E-state index in [1.807, 2.05) is 28.8 Å². The molecule has 2 aromatic heterocycles. The molecule has 3 rings (SSSR count). The molecule has 0 radical (unpaired) electrons. The lowest BCUT2D eigenvalue weighted by Gasteiger charge is -2.07. The number of amides is 1. The Kier molecular flexibility index (Phi) is 7.12. The third-order valence-electron chi connectivity index (χ3n) is 3.97. The Balaban J connectivity index is 1.72. The fourth-order valence-corrected chi connectivity index (χ4v) is 4.69. The largest absolute Gasteiger partial charge is 0.383 e. The molecule has 0 aliphatic carbocycles. The normalized spacial score (nSPS) is 11.1. The van der Waals surface area contributed by atoms with E-state index in [1.165, 1.54) is 30.0 Å². The van der Waals surface area contributed by atoms with Gasteiger partial charge in [-0.25, -0.2) is 4.98 Å². The number of halogens is 1. The molecule has 6 nitrogen and oxygen atoms in total. The van der Waals surface area contributed by atoms with E-state index in [9.17, 15) is 9.59 Å². The lowest BCUT2D eigenvalue weighted by molar-refractivity contribution is -0.119. The topological polar surface area (TPSA) is 73.2 Å². The first kappa shape index (κ1) is 20.9. The van der Waals surface area contributed by atoms with Crippen LogP contribution in [-0.4, -0.2) is 40.7 Å². The molecule has 2 heterocycles. The number of fused-ring (bicyclic) bond motifs is 1. The molecule has 1 amide bonds. The molecule has 1 aromatic carbocycles. The van der Waals surface area contributed by atoms with Crippen LogP contribution in [0.2, 0.25) is 5.02 Å². The average molecular weight is 438 g/mol. The highest BCUT2D eigenvalue weighted by Gasteiger charge is 2.15. The van der Waals surface area contributed by atoms with Gasteiger partial charge in [-0.3, -0.25) is 9.59 Å². The van der Waals surface area contributed by atoms with Gasteiger partial charge in [-0.1, -0.05) is 23.4 Å². The summed E-state index contributed by atoms with van der Waals surface area (Å²) in [6.07, 6.45) is 0. The third kappa shape index (κ3) is 5.14. The number of hydrogen-bond acceptors (Lipinski definition) is 6. The van der Waals surface area contributed by atoms with E-state index >= 15 is 0 Å². The first-order valence-electron chi connectivity index (χ1n) is 8.62. The van der Waals surface area contributed by atoms with Crippen LogP contribution in [0.1, 0.15) is 21.5 Å². The van der Waals surface area contributed by atoms with Crippen LogP contribution in [0.5, 0.6) is 0 Å². The number of carbonyl (C=O) groups is 2. The van der Waals surface area contributed by atoms with Crippen molar-refractivity contribution in [3.63, 3.8) is 0 Å². The van der Waals surface area contributed by atoms with Gasteiger partial charge in [0.25, 0.3) is 0 Å². The van der Waals surface area contributed by atoms with Gasteiger partial charge in [0.15, 0.2) is 10.9 Å². The van der Waals surface area contributed by atoms with Crippen LogP contribution >= 0.6 is 34.7 Å². The number of aromatic nitrogens is 2. The van der Waals surface area contributed by atoms with Crippen molar-refractivity contribution in [1.29, 1.82) is 0 Å². The summed E-state index contributed by atoms with van der Waals surface area (Å²) >= 11 is 8.88. The molecular weight excluding hydrogens is 418 g/mol. The van der Waals surface area contributed by atoms with Crippen LogP contribution in [0, 0.1) is 0 Å². The Morgan fingerprint density at radius 3 is 2.89 bits per heavy atom. The number of imidazole rings is 1. The number of thiophene rings is 1. The maximum atomic E-state index is 12.6. The van der Waals surface area contributed by atoms with E-state index in [2.05, 4.69) is 10.3 Å². The first-order valence-corrected chi connectivity index (χ1v) is 10.8. The van der Waals surface area contributed by atoms with Crippen molar-refractivity contribution in [2.24, 2.45) is 0 Å². The zero-order valence-electron chi connectivity index (χ0n) is 15.5. The van der Waals surface area contributed by atoms with E-state index in [0.717, 1.165) is 21.1 Å². The molecule has 0 spiro atoms. The van der Waals surface area contributed by atoms with E-state index in [1.54, 1.807) is 13.2 Å². The minimum absolute atomic E-state index is 0.0347. The number of benzene rings is 1. The lowest BCUT2D eigenvalue weighted by atomic mass is 10.3. The second kappa shape index (κ2) is 9.56. The number of hydrogen-bond donors (Lipinski definition) is 1. The minimum Gasteiger partial charge on any atom is -0.383 e. The van der Waals surface area contributed by atoms with E-state index in [0.29, 0.717) is 29.6 Å². The number of nitrogens with one attached hydrogen (secondary N) is 1. The second-order valence-electron chi connectivity index (χ2n) is 6.06. The molecule has 0 aliphatic heterocycles. The summed E-state index contributed by atoms with van der Waals surface area (Å²) in [5.41, 5.74) is 1.76. The highest BCUT2D eigenvalue weighted by molar-refractivity contribution is 7.99. The SMILES string of the molecule is COCCn1c(SCC(=O)c2ccc(CNC(C)=O)s2)nc2cc(Cl)ccc21. The number of rotatable bonds is 9. The standard InChI is InChI=1S/C19H20ClN3O3S2/c1-12(24)21-10-14-4-6-18(28-14)17(25)11-27-19-22-15-9-13(20)3-5-16(15)23(19)7-8-26-2/h3-6,9H,7-8,10-11H2,1-2H3,(H,21,24). The number of methoxy groups -OCH3 is 1. The molecule has 0 saturated carbocycles. The van der Waals surface area contributed by atoms with Crippen molar-refractivity contribution in [3.05, 3.63) is 45.1 Å². The second-order valence-corrected chi connectivity index (χ2v) is 8.61. The van der Waals surface area contributed by atoms with E-state index < -0.39 is 0 Å². The molecule has 0 fully saturated rings. The number of Topliss-reactive ketones (excluding diaryl/α,β-unsaturated/α-hetero) is 1. The lowest BCUT2D eigenvalue weighted by Crippen LogP contribution is -2.18. The predicted octanol–water partition coefficient (Wildman–Crippen LogP) is 4.01. The molecule has 0 unspecified atom stereocenters. The van der Waals surface area contributed by atoms with Gasteiger partial charge in [0, 0.05) is 30.5 Å². The van der Waals surface area contributed by atoms with Crippen LogP contribution in [0.3, 0.4) is 0 Å². The predicted molar refractivity (Wildman–Crippen MR) is 114 cm³/mol. The maximum Gasteiger partial charge on any atom is 0.217 e. The Morgan fingerprint density at radius 1 is 1.32 bits per heavy atom. The van der Waals surface area contributed by atoms with Gasteiger partial charge in [-0.2, -0.15) is 0 Å². The van der Waals surface area contributed by atoms with Crippen molar-refractivity contribution < 1.29 is 14.3 Å². The third-order valence-corrected chi connectivity index (χ3v) is 6.31. The number of ketones is 1. The molecule has 9 heteroatoms. The summed E-state index contributed by atoms with van der Waals surface area (Å²) in [5.74, 6) is 0.226. The van der Waals surface area contributed by atoms with Gasteiger partial charge in [0.2, 0.25) is 5.91 Å². The molecule has 0 bridgehead atoms. The van der Waals surface area contributed by atoms with Crippen LogP contribution < -0.4 is 5.32 Å². The van der Waals surface area contributed by atoms with Crippen LogP contribution in [0.25, 0.3) is 11.0 Å². The van der Waals surface area contributed by atoms with Crippen molar-refractivity contribution in [3.8, 4) is 0 Å². The highest BCUT2D eigenvalue weighted by Crippen LogP contribution is 2.27. The number of nitrogens with zero attached hydrogens (tertiary/aromatic N) is 2. The Labute approximate surface area is 176 Å². The highest BCUT2D eigenvalue weighted by atomic mass is 35.5. The first-order chi connectivity index (χ1) is 13.5. The van der Waals surface area contributed by atoms with Crippen LogP contribution in [0.15, 0.2) is 35.5 Å². The molecule has 28 heavy (non-hydrogen) atoms. The molecule has 0 atom stereocenters. The molecule has 0 saturated heterocycles. The Bertz CT molecular complexity index is 1000. The average Bonchev–Trinajstić information content (AvgIpc) is 3.27. The van der Waals surface area contributed by atoms with Crippen molar-refractivity contribution in [1.82, 2.24) is 14.9 Å². The van der Waals surface area contributed by atoms with Gasteiger partial charge in [0.1, 0.15) is 0 Å². The molecule has 3 aromatic rings. The quantitative estimate of drug-likeness (QED) is 0.404. The fraction of sp³-hybridized carbons (Fsp3) is 0.316. The van der Waals surface area contributed by atoms with Crippen molar-refractivity contribution >= 4 is 57.4 Å². The van der Waals surface area contributed by atoms with Crippen LogP contribution in [0.4, 0.5) is 0 Å². The molecule has 0 aliphatic rings. The van der Waals surface area contributed by atoms with Crippen molar-refractivity contribution in [2.45, 2.75) is 25.2 Å². The Hall–Kier alpha value is -1.87. The van der Waals surface area contributed by atoms with Gasteiger partial charge in [-0.05, 0) is 30.3 Å². The number of carbonyl (C=O) groups excluding carboxylic acids is 2. The van der Waals surface area contributed by atoms with Crippen molar-refractivity contribution in [2.75, 3.05) is 19.5 Å². The minimum atomic E-state index is -0.0908. The zero-order chi connectivity index (χ0) is 20.1. The maximum absolute atomic E-state index is 12.6. The number of thioether (sulfide) groups is 1. The van der Waals surface area contributed by atoms with E-state index in [4.69, 9.17) is 16.3 Å². The summed E-state index contributed by atoms with van der Waals surface area (Å²) in [6.45, 7) is 3.10. The van der Waals surface area contributed by atoms with E-state index in [-0.39, 0.29) is 17.4 Å². The summed E-state index contributed by atoms with van der Waals surface area (Å²) < 4.78 is 7.25. The van der Waals surface area contributed by atoms with Crippen LogP contribution in [-0.2, 0) is 22.6 Å². The number of ether oxygens (including phenoxy) is 1. The smallest absolute Gasteiger partial charge is 0.217 e. The monoisotopic (exact) mass is 437 g/mol. The van der Waals surface area contributed by atoms with Gasteiger partial charge in [0.05, 0.1) is 34.8 Å². The van der Waals surface area contributed by atoms with Gasteiger partial charge >= 0.3 is 0 Å². The van der Waals surface area contributed by atoms with Gasteiger partial charge < -0.3 is 14.6 Å². The summed E-state index contributed by atoms with van der Waals surface area (Å²) in [6, 6.07) is 9.25. The summed E-state index contributed by atoms with van der Waals surface area (Å²) in [7, 11) is 1.65. The van der Waals surface area contributed by atoms with Gasteiger partial charge in [-0.15, -0.1) is 11.3 Å².